The van der Waals surface area contributed by atoms with Crippen molar-refractivity contribution in [3.63, 3.8) is 0 Å². The van der Waals surface area contributed by atoms with Crippen LogP contribution in [0.2, 0.25) is 0 Å². The quantitative estimate of drug-likeness (QED) is 0.662. The van der Waals surface area contributed by atoms with Gasteiger partial charge in [0.2, 0.25) is 0 Å². The fourth-order valence-corrected chi connectivity index (χ4v) is 1.89. The second kappa shape index (κ2) is 4.90. The Hall–Kier alpha value is -2.68. The molecular weight excluding hydrogens is 238 g/mol. The van der Waals surface area contributed by atoms with Gasteiger partial charge in [-0.05, 0) is 24.3 Å². The predicted molar refractivity (Wildman–Crippen MR) is 73.6 cm³/mol. The Balaban J connectivity index is 1.94. The van der Waals surface area contributed by atoms with Gasteiger partial charge in [0.05, 0.1) is 11.7 Å². The van der Waals surface area contributed by atoms with Crippen molar-refractivity contribution in [3.05, 3.63) is 66.4 Å². The van der Waals surface area contributed by atoms with Gasteiger partial charge in [-0.3, -0.25) is 9.78 Å². The van der Waals surface area contributed by atoms with Crippen LogP contribution in [0, 0.1) is 0 Å². The van der Waals surface area contributed by atoms with Crippen LogP contribution >= 0.6 is 0 Å². The molecule has 0 bridgehead atoms. The van der Waals surface area contributed by atoms with Crippen molar-refractivity contribution in [2.24, 2.45) is 0 Å². The van der Waals surface area contributed by atoms with Crippen LogP contribution in [-0.4, -0.2) is 11.3 Å². The molecule has 0 aliphatic carbocycles. The van der Waals surface area contributed by atoms with E-state index in [-0.39, 0.29) is 0 Å². The van der Waals surface area contributed by atoms with Crippen LogP contribution < -0.4 is 4.74 Å². The molecule has 0 N–H and O–H groups in total. The predicted octanol–water partition coefficient (Wildman–Crippen LogP) is 3.84. The van der Waals surface area contributed by atoms with E-state index in [4.69, 9.17) is 4.74 Å². The maximum absolute atomic E-state index is 10.7. The Kier molecular flexibility index (Phi) is 2.94. The maximum atomic E-state index is 10.7. The Morgan fingerprint density at radius 1 is 0.947 bits per heavy atom. The number of hydrogen-bond donors (Lipinski definition) is 0. The van der Waals surface area contributed by atoms with Gasteiger partial charge in [-0.2, -0.15) is 0 Å². The van der Waals surface area contributed by atoms with E-state index in [1.165, 1.54) is 0 Å². The summed E-state index contributed by atoms with van der Waals surface area (Å²) in [7, 11) is 0. The normalized spacial score (nSPS) is 10.3. The first-order valence-corrected chi connectivity index (χ1v) is 5.93. The summed E-state index contributed by atoms with van der Waals surface area (Å²) in [6.45, 7) is 0. The van der Waals surface area contributed by atoms with Crippen LogP contribution in [0.4, 0.5) is 0 Å². The molecule has 0 saturated heterocycles. The third-order valence-corrected chi connectivity index (χ3v) is 2.80. The van der Waals surface area contributed by atoms with E-state index in [0.717, 1.165) is 17.2 Å². The van der Waals surface area contributed by atoms with Crippen molar-refractivity contribution < 1.29 is 9.53 Å². The third kappa shape index (κ3) is 2.45. The summed E-state index contributed by atoms with van der Waals surface area (Å²) in [5.41, 5.74) is 1.52. The zero-order valence-electron chi connectivity index (χ0n) is 10.1. The van der Waals surface area contributed by atoms with Gasteiger partial charge in [0, 0.05) is 10.9 Å². The summed E-state index contributed by atoms with van der Waals surface area (Å²) in [6.07, 6.45) is 2.47. The number of rotatable bonds is 3. The average Bonchev–Trinajstić information content (AvgIpc) is 2.47. The molecule has 1 heterocycles. The number of carbonyl (C=O) groups is 1. The SMILES string of the molecule is O=Cc1cccc(Oc2cnc3ccccc3c2)c1. The standard InChI is InChI=1S/C16H11NO2/c18-11-12-4-3-6-14(8-12)19-15-9-13-5-1-2-7-16(13)17-10-15/h1-11H. The molecule has 1 aromatic heterocycles. The molecule has 0 unspecified atom stereocenters. The Morgan fingerprint density at radius 2 is 1.84 bits per heavy atom. The summed E-state index contributed by atoms with van der Waals surface area (Å²) >= 11 is 0. The lowest BCUT2D eigenvalue weighted by Crippen LogP contribution is -1.88. The minimum absolute atomic E-state index is 0.589. The van der Waals surface area contributed by atoms with Gasteiger partial charge in [0.1, 0.15) is 17.8 Å². The lowest BCUT2D eigenvalue weighted by Gasteiger charge is -2.06. The van der Waals surface area contributed by atoms with Gasteiger partial charge in [-0.1, -0.05) is 30.3 Å². The van der Waals surface area contributed by atoms with Crippen molar-refractivity contribution in [1.29, 1.82) is 0 Å². The zero-order valence-corrected chi connectivity index (χ0v) is 10.1. The molecule has 0 atom stereocenters. The number of carbonyl (C=O) groups excluding carboxylic acids is 1. The monoisotopic (exact) mass is 249 g/mol. The largest absolute Gasteiger partial charge is 0.456 e. The van der Waals surface area contributed by atoms with Crippen LogP contribution in [0.5, 0.6) is 11.5 Å². The molecule has 0 saturated carbocycles. The summed E-state index contributed by atoms with van der Waals surface area (Å²) in [5.74, 6) is 1.28. The smallest absolute Gasteiger partial charge is 0.150 e. The molecule has 19 heavy (non-hydrogen) atoms. The average molecular weight is 249 g/mol. The second-order valence-corrected chi connectivity index (χ2v) is 4.16. The first kappa shape index (κ1) is 11.4. The highest BCUT2D eigenvalue weighted by molar-refractivity contribution is 5.79. The maximum Gasteiger partial charge on any atom is 0.150 e. The first-order valence-electron chi connectivity index (χ1n) is 5.93. The van der Waals surface area contributed by atoms with Gasteiger partial charge in [0.25, 0.3) is 0 Å². The number of nitrogens with zero attached hydrogens (tertiary/aromatic N) is 1. The molecule has 0 spiro atoms. The second-order valence-electron chi connectivity index (χ2n) is 4.16. The van der Waals surface area contributed by atoms with Crippen molar-refractivity contribution in [1.82, 2.24) is 4.98 Å². The number of aldehydes is 1. The van der Waals surface area contributed by atoms with Crippen molar-refractivity contribution >= 4 is 17.2 Å². The van der Waals surface area contributed by atoms with E-state index in [1.807, 2.05) is 36.4 Å². The highest BCUT2D eigenvalue weighted by Gasteiger charge is 2.01. The van der Waals surface area contributed by atoms with E-state index in [1.54, 1.807) is 24.4 Å². The Labute approximate surface area is 110 Å². The minimum atomic E-state index is 0.589. The summed E-state index contributed by atoms with van der Waals surface area (Å²) in [4.78, 5) is 15.0. The molecule has 0 amide bonds. The number of pyridine rings is 1. The Morgan fingerprint density at radius 3 is 2.74 bits per heavy atom. The van der Waals surface area contributed by atoms with Crippen molar-refractivity contribution in [3.8, 4) is 11.5 Å². The molecule has 3 rings (SSSR count). The van der Waals surface area contributed by atoms with E-state index in [0.29, 0.717) is 17.1 Å². The van der Waals surface area contributed by atoms with Crippen LogP contribution in [0.15, 0.2) is 60.8 Å². The van der Waals surface area contributed by atoms with Crippen LogP contribution in [0.3, 0.4) is 0 Å². The molecule has 2 aromatic carbocycles. The number of para-hydroxylation sites is 1. The first-order chi connectivity index (χ1) is 9.35. The van der Waals surface area contributed by atoms with E-state index in [2.05, 4.69) is 4.98 Å². The van der Waals surface area contributed by atoms with E-state index < -0.39 is 0 Å². The fraction of sp³-hybridized carbons (Fsp3) is 0. The number of fused-ring (bicyclic) bond motifs is 1. The molecule has 0 aliphatic rings. The van der Waals surface area contributed by atoms with Crippen molar-refractivity contribution in [2.45, 2.75) is 0 Å². The highest BCUT2D eigenvalue weighted by atomic mass is 16.5. The van der Waals surface area contributed by atoms with Crippen LogP contribution in [0.1, 0.15) is 10.4 Å². The van der Waals surface area contributed by atoms with Gasteiger partial charge in [0.15, 0.2) is 0 Å². The molecule has 92 valence electrons. The summed E-state index contributed by atoms with van der Waals surface area (Å²) in [5, 5.41) is 1.02. The number of ether oxygens (including phenoxy) is 1. The lowest BCUT2D eigenvalue weighted by molar-refractivity contribution is 0.112. The van der Waals surface area contributed by atoms with Gasteiger partial charge in [-0.25, -0.2) is 0 Å². The van der Waals surface area contributed by atoms with Gasteiger partial charge >= 0.3 is 0 Å². The molecule has 3 nitrogen and oxygen atoms in total. The zero-order chi connectivity index (χ0) is 13.1. The van der Waals surface area contributed by atoms with Crippen LogP contribution in [-0.2, 0) is 0 Å². The van der Waals surface area contributed by atoms with Gasteiger partial charge in [-0.15, -0.1) is 0 Å². The third-order valence-electron chi connectivity index (χ3n) is 2.80. The number of benzene rings is 2. The summed E-state index contributed by atoms with van der Waals surface area (Å²) < 4.78 is 5.71. The van der Waals surface area contributed by atoms with Gasteiger partial charge < -0.3 is 4.74 Å². The molecule has 0 aliphatic heterocycles. The molecule has 0 radical (unpaired) electrons. The lowest BCUT2D eigenvalue weighted by atomic mass is 10.2. The van der Waals surface area contributed by atoms with Crippen LogP contribution in [0.25, 0.3) is 10.9 Å². The minimum Gasteiger partial charge on any atom is -0.456 e. The molecule has 3 heteroatoms. The molecule has 3 aromatic rings. The summed E-state index contributed by atoms with van der Waals surface area (Å²) in [6, 6.07) is 16.8. The van der Waals surface area contributed by atoms with E-state index in [9.17, 15) is 4.79 Å². The Bertz CT molecular complexity index is 737. The topological polar surface area (TPSA) is 39.2 Å². The molecule has 0 fully saturated rings. The van der Waals surface area contributed by atoms with E-state index >= 15 is 0 Å². The number of hydrogen-bond acceptors (Lipinski definition) is 3. The number of aromatic nitrogens is 1. The van der Waals surface area contributed by atoms with Crippen molar-refractivity contribution in [2.75, 3.05) is 0 Å². The molecular formula is C16H11NO2. The fourth-order valence-electron chi connectivity index (χ4n) is 1.89. The highest BCUT2D eigenvalue weighted by Crippen LogP contribution is 2.24.